The number of esters is 1. The molecule has 0 aliphatic carbocycles. The molecule has 4 aromatic carbocycles. The van der Waals surface area contributed by atoms with Crippen LogP contribution in [0.2, 0.25) is 0 Å². The summed E-state index contributed by atoms with van der Waals surface area (Å²) in [5, 5.41) is 5.87. The number of hydrogen-bond donors (Lipinski definition) is 1. The fourth-order valence-corrected chi connectivity index (χ4v) is 3.41. The number of fused-ring (bicyclic) bond motifs is 1. The monoisotopic (exact) mass is 452 g/mol. The Kier molecular flexibility index (Phi) is 6.98. The van der Waals surface area contributed by atoms with E-state index in [1.165, 1.54) is 6.21 Å². The maximum atomic E-state index is 12.7. The summed E-state index contributed by atoms with van der Waals surface area (Å²) in [5.41, 5.74) is 5.57. The van der Waals surface area contributed by atoms with Gasteiger partial charge in [-0.25, -0.2) is 10.2 Å². The van der Waals surface area contributed by atoms with Gasteiger partial charge in [0.05, 0.1) is 11.8 Å². The molecule has 0 atom stereocenters. The van der Waals surface area contributed by atoms with Crippen LogP contribution in [0.1, 0.15) is 27.0 Å². The minimum absolute atomic E-state index is 0.175. The molecule has 4 aromatic rings. The highest BCUT2D eigenvalue weighted by Crippen LogP contribution is 2.27. The Bertz CT molecular complexity index is 1360. The summed E-state index contributed by atoms with van der Waals surface area (Å²) in [6.07, 6.45) is 1.48. The molecule has 6 heteroatoms. The first-order valence-electron chi connectivity index (χ1n) is 10.8. The van der Waals surface area contributed by atoms with Crippen molar-refractivity contribution in [2.45, 2.75) is 13.8 Å². The van der Waals surface area contributed by atoms with E-state index in [1.807, 2.05) is 68.4 Å². The Morgan fingerprint density at radius 2 is 1.68 bits per heavy atom. The molecule has 0 heterocycles. The van der Waals surface area contributed by atoms with Crippen LogP contribution in [0.3, 0.4) is 0 Å². The molecule has 0 spiro atoms. The fourth-order valence-electron chi connectivity index (χ4n) is 3.41. The van der Waals surface area contributed by atoms with Gasteiger partial charge in [0.1, 0.15) is 11.5 Å². The lowest BCUT2D eigenvalue weighted by molar-refractivity contribution is -0.123. The lowest BCUT2D eigenvalue weighted by Crippen LogP contribution is -2.24. The van der Waals surface area contributed by atoms with Crippen LogP contribution in [-0.2, 0) is 4.79 Å². The second kappa shape index (κ2) is 10.4. The number of benzene rings is 4. The van der Waals surface area contributed by atoms with Gasteiger partial charge in [0.2, 0.25) is 0 Å². The Balaban J connectivity index is 1.50. The molecule has 1 N–H and O–H groups in total. The maximum absolute atomic E-state index is 12.7. The topological polar surface area (TPSA) is 77.0 Å². The number of nitrogens with zero attached hydrogens (tertiary/aromatic N) is 1. The van der Waals surface area contributed by atoms with Crippen LogP contribution in [0.25, 0.3) is 10.8 Å². The first-order valence-corrected chi connectivity index (χ1v) is 10.8. The molecule has 0 fully saturated rings. The van der Waals surface area contributed by atoms with Gasteiger partial charge < -0.3 is 9.47 Å². The lowest BCUT2D eigenvalue weighted by Gasteiger charge is -2.11. The van der Waals surface area contributed by atoms with Gasteiger partial charge in [-0.2, -0.15) is 5.10 Å². The highest BCUT2D eigenvalue weighted by Gasteiger charge is 2.14. The van der Waals surface area contributed by atoms with E-state index in [-0.39, 0.29) is 6.61 Å². The number of ether oxygens (including phenoxy) is 2. The van der Waals surface area contributed by atoms with E-state index in [1.54, 1.807) is 30.3 Å². The van der Waals surface area contributed by atoms with Gasteiger partial charge in [0, 0.05) is 5.56 Å². The third kappa shape index (κ3) is 5.66. The van der Waals surface area contributed by atoms with E-state index in [9.17, 15) is 9.59 Å². The molecule has 0 aromatic heterocycles. The standard InChI is InChI=1S/C28H24N2O4/c1-19-10-13-23(14-11-19)33-18-27(31)30-29-17-25-24-9-4-3-7-21(24)12-15-26(25)34-28(32)22-8-5-6-20(2)16-22/h3-17H,18H2,1-2H3,(H,30,31)/b29-17-. The minimum Gasteiger partial charge on any atom is -0.484 e. The van der Waals surface area contributed by atoms with Crippen molar-refractivity contribution in [1.29, 1.82) is 0 Å². The van der Waals surface area contributed by atoms with Crippen LogP contribution < -0.4 is 14.9 Å². The van der Waals surface area contributed by atoms with Crippen LogP contribution >= 0.6 is 0 Å². The van der Waals surface area contributed by atoms with E-state index >= 15 is 0 Å². The van der Waals surface area contributed by atoms with E-state index < -0.39 is 11.9 Å². The van der Waals surface area contributed by atoms with Crippen LogP contribution in [0.15, 0.2) is 90.0 Å². The molecule has 0 aliphatic rings. The van der Waals surface area contributed by atoms with Crippen molar-refractivity contribution in [1.82, 2.24) is 5.43 Å². The number of hydrazone groups is 1. The van der Waals surface area contributed by atoms with Crippen molar-refractivity contribution in [2.24, 2.45) is 5.10 Å². The summed E-state index contributed by atoms with van der Waals surface area (Å²) in [6.45, 7) is 3.71. The molecule has 0 aliphatic heterocycles. The summed E-state index contributed by atoms with van der Waals surface area (Å²) < 4.78 is 11.2. The van der Waals surface area contributed by atoms with Crippen LogP contribution in [-0.4, -0.2) is 24.7 Å². The molecule has 4 rings (SSSR count). The number of amides is 1. The third-order valence-electron chi connectivity index (χ3n) is 5.16. The van der Waals surface area contributed by atoms with Crippen molar-refractivity contribution >= 4 is 28.9 Å². The summed E-state index contributed by atoms with van der Waals surface area (Å²) in [7, 11) is 0. The van der Waals surface area contributed by atoms with Crippen molar-refractivity contribution < 1.29 is 19.1 Å². The lowest BCUT2D eigenvalue weighted by atomic mass is 10.0. The zero-order valence-corrected chi connectivity index (χ0v) is 18.9. The summed E-state index contributed by atoms with van der Waals surface area (Å²) in [4.78, 5) is 24.9. The van der Waals surface area contributed by atoms with E-state index in [0.29, 0.717) is 22.6 Å². The number of nitrogens with one attached hydrogen (secondary N) is 1. The molecule has 0 saturated carbocycles. The van der Waals surface area contributed by atoms with Crippen LogP contribution in [0.5, 0.6) is 11.5 Å². The van der Waals surface area contributed by atoms with E-state index in [0.717, 1.165) is 21.9 Å². The molecule has 1 amide bonds. The van der Waals surface area contributed by atoms with Crippen molar-refractivity contribution in [3.63, 3.8) is 0 Å². The number of carbonyl (C=O) groups is 2. The zero-order chi connectivity index (χ0) is 23.9. The first kappa shape index (κ1) is 22.7. The SMILES string of the molecule is Cc1ccc(OCC(=O)N/N=C\c2c(OC(=O)c3cccc(C)c3)ccc3ccccc23)cc1. The highest BCUT2D eigenvalue weighted by molar-refractivity contribution is 6.04. The average molecular weight is 453 g/mol. The van der Waals surface area contributed by atoms with Crippen molar-refractivity contribution in [2.75, 3.05) is 6.61 Å². The second-order valence-electron chi connectivity index (χ2n) is 7.85. The summed E-state index contributed by atoms with van der Waals surface area (Å²) >= 11 is 0. The average Bonchev–Trinajstić information content (AvgIpc) is 2.84. The summed E-state index contributed by atoms with van der Waals surface area (Å²) in [6, 6.07) is 25.9. The van der Waals surface area contributed by atoms with Crippen molar-refractivity contribution in [3.8, 4) is 11.5 Å². The number of hydrogen-bond acceptors (Lipinski definition) is 5. The normalized spacial score (nSPS) is 10.9. The quantitative estimate of drug-likeness (QED) is 0.181. The zero-order valence-electron chi connectivity index (χ0n) is 18.9. The predicted molar refractivity (Wildman–Crippen MR) is 132 cm³/mol. The second-order valence-corrected chi connectivity index (χ2v) is 7.85. The van der Waals surface area contributed by atoms with Gasteiger partial charge in [-0.3, -0.25) is 4.79 Å². The van der Waals surface area contributed by atoms with Crippen LogP contribution in [0.4, 0.5) is 0 Å². The Morgan fingerprint density at radius 1 is 0.882 bits per heavy atom. The molecule has 0 unspecified atom stereocenters. The number of rotatable bonds is 7. The molecule has 0 radical (unpaired) electrons. The molecule has 0 bridgehead atoms. The van der Waals surface area contributed by atoms with Crippen LogP contribution in [0, 0.1) is 13.8 Å². The third-order valence-corrected chi connectivity index (χ3v) is 5.16. The first-order chi connectivity index (χ1) is 16.5. The maximum Gasteiger partial charge on any atom is 0.343 e. The van der Waals surface area contributed by atoms with Gasteiger partial charge in [0.15, 0.2) is 6.61 Å². The van der Waals surface area contributed by atoms with Crippen molar-refractivity contribution in [3.05, 3.63) is 107 Å². The molecular weight excluding hydrogens is 428 g/mol. The molecule has 170 valence electrons. The van der Waals surface area contributed by atoms with Gasteiger partial charge >= 0.3 is 5.97 Å². The Labute approximate surface area is 197 Å². The fraction of sp³-hybridized carbons (Fsp3) is 0.107. The Hall–Kier alpha value is -4.45. The highest BCUT2D eigenvalue weighted by atomic mass is 16.5. The largest absolute Gasteiger partial charge is 0.484 e. The smallest absolute Gasteiger partial charge is 0.343 e. The van der Waals surface area contributed by atoms with Gasteiger partial charge in [-0.05, 0) is 55.0 Å². The number of aryl methyl sites for hydroxylation is 2. The molecule has 34 heavy (non-hydrogen) atoms. The van der Waals surface area contributed by atoms with E-state index in [4.69, 9.17) is 9.47 Å². The molecule has 0 saturated heterocycles. The summed E-state index contributed by atoms with van der Waals surface area (Å²) in [5.74, 6) is 0.0720. The van der Waals surface area contributed by atoms with Gasteiger partial charge in [-0.15, -0.1) is 0 Å². The van der Waals surface area contributed by atoms with Gasteiger partial charge in [0.25, 0.3) is 5.91 Å². The molecule has 6 nitrogen and oxygen atoms in total. The Morgan fingerprint density at radius 3 is 2.47 bits per heavy atom. The molecular formula is C28H24N2O4. The van der Waals surface area contributed by atoms with E-state index in [2.05, 4.69) is 10.5 Å². The predicted octanol–water partition coefficient (Wildman–Crippen LogP) is 5.20. The number of carbonyl (C=O) groups excluding carboxylic acids is 2. The van der Waals surface area contributed by atoms with Gasteiger partial charge in [-0.1, -0.05) is 65.7 Å². The minimum atomic E-state index is -0.468.